The summed E-state index contributed by atoms with van der Waals surface area (Å²) in [5.74, 6) is -1.80. The fraction of sp³-hybridized carbons (Fsp3) is 0. The molecule has 0 heterocycles. The van der Waals surface area contributed by atoms with Crippen LogP contribution in [0.5, 0.6) is 0 Å². The predicted octanol–water partition coefficient (Wildman–Crippen LogP) is 2.31. The molecule has 104 valence electrons. The molecule has 0 fully saturated rings. The van der Waals surface area contributed by atoms with E-state index in [9.17, 15) is 19.2 Å². The van der Waals surface area contributed by atoms with Crippen molar-refractivity contribution >= 4 is 24.5 Å². The van der Waals surface area contributed by atoms with Crippen molar-refractivity contribution in [2.24, 2.45) is 0 Å². The molecule has 0 aliphatic heterocycles. The van der Waals surface area contributed by atoms with E-state index >= 15 is 0 Å². The highest BCUT2D eigenvalue weighted by molar-refractivity contribution is 6.08. The lowest BCUT2D eigenvalue weighted by Gasteiger charge is -2.06. The Kier molecular flexibility index (Phi) is 4.36. The summed E-state index contributed by atoms with van der Waals surface area (Å²) in [5, 5.41) is 0. The third-order valence-corrected chi connectivity index (χ3v) is 2.80. The van der Waals surface area contributed by atoms with E-state index in [1.54, 1.807) is 18.2 Å². The minimum Gasteiger partial charge on any atom is -0.386 e. The largest absolute Gasteiger partial charge is 0.386 e. The molecule has 0 aliphatic rings. The van der Waals surface area contributed by atoms with Crippen LogP contribution in [0.1, 0.15) is 41.4 Å². The van der Waals surface area contributed by atoms with E-state index < -0.39 is 11.9 Å². The Morgan fingerprint density at radius 1 is 0.810 bits per heavy atom. The van der Waals surface area contributed by atoms with Gasteiger partial charge in [0.1, 0.15) is 0 Å². The van der Waals surface area contributed by atoms with Gasteiger partial charge < -0.3 is 4.74 Å². The van der Waals surface area contributed by atoms with Crippen LogP contribution in [0.3, 0.4) is 0 Å². The standard InChI is InChI=1S/C16H10O5/c17-9-12-7-4-8-13(14(12)10-18)16(20)21-15(19)11-5-2-1-3-6-11/h1-10H. The van der Waals surface area contributed by atoms with Gasteiger partial charge in [-0.3, -0.25) is 9.59 Å². The zero-order valence-corrected chi connectivity index (χ0v) is 10.8. The number of carbonyl (C=O) groups excluding carboxylic acids is 4. The highest BCUT2D eigenvalue weighted by Crippen LogP contribution is 2.14. The number of hydrogen-bond donors (Lipinski definition) is 0. The fourth-order valence-corrected chi connectivity index (χ4v) is 1.77. The average molecular weight is 282 g/mol. The second-order valence-electron chi connectivity index (χ2n) is 4.09. The maximum Gasteiger partial charge on any atom is 0.346 e. The zero-order chi connectivity index (χ0) is 15.2. The quantitative estimate of drug-likeness (QED) is 0.488. The zero-order valence-electron chi connectivity index (χ0n) is 10.8. The third kappa shape index (κ3) is 3.09. The van der Waals surface area contributed by atoms with Gasteiger partial charge in [-0.1, -0.05) is 30.3 Å². The summed E-state index contributed by atoms with van der Waals surface area (Å²) in [6.45, 7) is 0. The van der Waals surface area contributed by atoms with Gasteiger partial charge in [0.05, 0.1) is 11.1 Å². The molecule has 0 saturated heterocycles. The van der Waals surface area contributed by atoms with Gasteiger partial charge in [-0.15, -0.1) is 0 Å². The maximum atomic E-state index is 12.0. The lowest BCUT2D eigenvalue weighted by molar-refractivity contribution is 0.0396. The van der Waals surface area contributed by atoms with Crippen molar-refractivity contribution in [2.75, 3.05) is 0 Å². The summed E-state index contributed by atoms with van der Waals surface area (Å²) in [6, 6.07) is 12.1. The molecule has 2 rings (SSSR count). The van der Waals surface area contributed by atoms with E-state index in [1.165, 1.54) is 30.3 Å². The Morgan fingerprint density at radius 3 is 2.14 bits per heavy atom. The van der Waals surface area contributed by atoms with Crippen LogP contribution in [0.25, 0.3) is 0 Å². The number of rotatable bonds is 4. The smallest absolute Gasteiger partial charge is 0.346 e. The first-order valence-corrected chi connectivity index (χ1v) is 6.02. The predicted molar refractivity (Wildman–Crippen MR) is 73.4 cm³/mol. The number of hydrogen-bond acceptors (Lipinski definition) is 5. The molecule has 21 heavy (non-hydrogen) atoms. The third-order valence-electron chi connectivity index (χ3n) is 2.80. The van der Waals surface area contributed by atoms with Crippen molar-refractivity contribution in [2.45, 2.75) is 0 Å². The fourth-order valence-electron chi connectivity index (χ4n) is 1.77. The van der Waals surface area contributed by atoms with E-state index in [2.05, 4.69) is 0 Å². The van der Waals surface area contributed by atoms with Gasteiger partial charge in [0, 0.05) is 11.1 Å². The Hall–Kier alpha value is -3.08. The van der Waals surface area contributed by atoms with Crippen LogP contribution in [0.2, 0.25) is 0 Å². The minimum atomic E-state index is -0.977. The monoisotopic (exact) mass is 282 g/mol. The van der Waals surface area contributed by atoms with Crippen molar-refractivity contribution in [1.82, 2.24) is 0 Å². The SMILES string of the molecule is O=Cc1cccc(C(=O)OC(=O)c2ccccc2)c1C=O. The minimum absolute atomic E-state index is 0.0617. The second-order valence-corrected chi connectivity index (χ2v) is 4.09. The van der Waals surface area contributed by atoms with Crippen molar-refractivity contribution in [3.63, 3.8) is 0 Å². The highest BCUT2D eigenvalue weighted by Gasteiger charge is 2.19. The van der Waals surface area contributed by atoms with Crippen LogP contribution in [0, 0.1) is 0 Å². The molecule has 0 saturated carbocycles. The first kappa shape index (κ1) is 14.3. The van der Waals surface area contributed by atoms with Crippen LogP contribution in [0.4, 0.5) is 0 Å². The molecule has 0 unspecified atom stereocenters. The summed E-state index contributed by atoms with van der Waals surface area (Å²) >= 11 is 0. The van der Waals surface area contributed by atoms with Crippen molar-refractivity contribution in [1.29, 1.82) is 0 Å². The molecule has 0 bridgehead atoms. The molecular weight excluding hydrogens is 272 g/mol. The first-order chi connectivity index (χ1) is 10.2. The average Bonchev–Trinajstić information content (AvgIpc) is 2.54. The lowest BCUT2D eigenvalue weighted by Crippen LogP contribution is -2.15. The number of esters is 2. The van der Waals surface area contributed by atoms with Gasteiger partial charge in [-0.05, 0) is 18.2 Å². The van der Waals surface area contributed by atoms with E-state index in [0.717, 1.165) is 0 Å². The molecule has 0 spiro atoms. The molecule has 0 aromatic heterocycles. The summed E-state index contributed by atoms with van der Waals surface area (Å²) in [4.78, 5) is 45.6. The number of carbonyl (C=O) groups is 4. The van der Waals surface area contributed by atoms with Crippen LogP contribution < -0.4 is 0 Å². The number of ether oxygens (including phenoxy) is 1. The molecule has 2 aromatic carbocycles. The molecule has 5 nitrogen and oxygen atoms in total. The molecule has 0 aliphatic carbocycles. The maximum absolute atomic E-state index is 12.0. The van der Waals surface area contributed by atoms with Crippen LogP contribution in [0.15, 0.2) is 48.5 Å². The van der Waals surface area contributed by atoms with Gasteiger partial charge >= 0.3 is 11.9 Å². The van der Waals surface area contributed by atoms with Gasteiger partial charge in [0.25, 0.3) is 0 Å². The van der Waals surface area contributed by atoms with Crippen molar-refractivity contribution in [3.05, 3.63) is 70.8 Å². The Labute approximate surface area is 120 Å². The summed E-state index contributed by atoms with van der Waals surface area (Å²) < 4.78 is 4.71. The van der Waals surface area contributed by atoms with Gasteiger partial charge in [0.2, 0.25) is 0 Å². The molecule has 0 atom stereocenters. The van der Waals surface area contributed by atoms with Gasteiger partial charge in [-0.2, -0.15) is 0 Å². The molecule has 0 amide bonds. The molecule has 5 heteroatoms. The van der Waals surface area contributed by atoms with Gasteiger partial charge in [-0.25, -0.2) is 9.59 Å². The molecule has 2 aromatic rings. The summed E-state index contributed by atoms with van der Waals surface area (Å²) in [6.07, 6.45) is 0.840. The second kappa shape index (κ2) is 6.38. The van der Waals surface area contributed by atoms with Crippen molar-refractivity contribution < 1.29 is 23.9 Å². The topological polar surface area (TPSA) is 77.5 Å². The van der Waals surface area contributed by atoms with Crippen LogP contribution in [-0.4, -0.2) is 24.5 Å². The van der Waals surface area contributed by atoms with Crippen LogP contribution >= 0.6 is 0 Å². The number of aldehydes is 2. The van der Waals surface area contributed by atoms with Gasteiger partial charge in [0.15, 0.2) is 12.6 Å². The summed E-state index contributed by atoms with van der Waals surface area (Å²) in [5.41, 5.74) is 0.0499. The van der Waals surface area contributed by atoms with E-state index in [-0.39, 0.29) is 22.3 Å². The first-order valence-electron chi connectivity index (χ1n) is 6.02. The van der Waals surface area contributed by atoms with E-state index in [1.807, 2.05) is 0 Å². The number of benzene rings is 2. The molecule has 0 N–H and O–H groups in total. The lowest BCUT2D eigenvalue weighted by atomic mass is 10.0. The van der Waals surface area contributed by atoms with E-state index in [4.69, 9.17) is 4.74 Å². The Morgan fingerprint density at radius 2 is 1.52 bits per heavy atom. The van der Waals surface area contributed by atoms with Crippen LogP contribution in [-0.2, 0) is 4.74 Å². The Balaban J connectivity index is 2.27. The Bertz CT molecular complexity index is 704. The van der Waals surface area contributed by atoms with E-state index in [0.29, 0.717) is 12.6 Å². The van der Waals surface area contributed by atoms with Crippen molar-refractivity contribution in [3.8, 4) is 0 Å². The molecule has 0 radical (unpaired) electrons. The molecular formula is C16H10O5. The highest BCUT2D eigenvalue weighted by atomic mass is 16.6. The summed E-state index contributed by atoms with van der Waals surface area (Å²) in [7, 11) is 0. The normalized spacial score (nSPS) is 9.71.